The second-order valence-electron chi connectivity index (χ2n) is 8.22. The number of nitrogens with two attached hydrogens (primary N) is 1. The van der Waals surface area contributed by atoms with Gasteiger partial charge in [-0.2, -0.15) is 0 Å². The number of hydrogen-bond donors (Lipinski definition) is 1. The molecule has 1 heterocycles. The van der Waals surface area contributed by atoms with Crippen molar-refractivity contribution in [2.24, 2.45) is 5.92 Å². The zero-order valence-electron chi connectivity index (χ0n) is 18.8. The number of ether oxygens (including phenoxy) is 2. The van der Waals surface area contributed by atoms with Crippen molar-refractivity contribution >= 4 is 22.4 Å². The molecule has 0 radical (unpaired) electrons. The average molecular weight is 452 g/mol. The van der Waals surface area contributed by atoms with E-state index in [1.165, 1.54) is 11.3 Å². The van der Waals surface area contributed by atoms with E-state index in [-0.39, 0.29) is 5.91 Å². The number of hydrogen-bond acceptors (Lipinski definition) is 6. The normalized spacial score (nSPS) is 13.1. The van der Waals surface area contributed by atoms with E-state index in [9.17, 15) is 4.79 Å². The number of thiazole rings is 1. The first-order chi connectivity index (χ1) is 15.5. The predicted molar refractivity (Wildman–Crippen MR) is 129 cm³/mol. The van der Waals surface area contributed by atoms with E-state index in [1.54, 1.807) is 14.2 Å². The average Bonchev–Trinajstić information content (AvgIpc) is 3.54. The maximum Gasteiger partial charge on any atom is 0.274 e. The number of rotatable bonds is 9. The first-order valence-electron chi connectivity index (χ1n) is 10.8. The highest BCUT2D eigenvalue weighted by molar-refractivity contribution is 7.19. The summed E-state index contributed by atoms with van der Waals surface area (Å²) in [6.07, 6.45) is 2.99. The van der Waals surface area contributed by atoms with Crippen LogP contribution in [0.3, 0.4) is 0 Å². The van der Waals surface area contributed by atoms with Crippen molar-refractivity contribution < 1.29 is 14.3 Å². The number of nitrogen functional groups attached to an aromatic ring is 1. The lowest BCUT2D eigenvalue weighted by Gasteiger charge is -2.23. The van der Waals surface area contributed by atoms with Gasteiger partial charge in [0.1, 0.15) is 17.2 Å². The SMILES string of the molecule is COc1ccc(OC)c(CCN(CC2CC2)C(=O)c2nc(N)sc2-c2cccc(C)c2)c1. The number of carbonyl (C=O) groups is 1. The van der Waals surface area contributed by atoms with Crippen molar-refractivity contribution in [2.75, 3.05) is 33.0 Å². The maximum absolute atomic E-state index is 13.7. The molecule has 7 heteroatoms. The standard InChI is InChI=1S/C25H29N3O3S/c1-16-5-4-6-19(13-16)23-22(27-25(26)32-23)24(29)28(15-17-7-8-17)12-11-18-14-20(30-2)9-10-21(18)31-3/h4-6,9-10,13-14,17H,7-8,11-12,15H2,1-3H3,(H2,26,27). The van der Waals surface area contributed by atoms with Crippen LogP contribution in [-0.4, -0.2) is 43.1 Å². The van der Waals surface area contributed by atoms with E-state index in [4.69, 9.17) is 15.2 Å². The molecule has 32 heavy (non-hydrogen) atoms. The van der Waals surface area contributed by atoms with E-state index in [2.05, 4.69) is 11.1 Å². The largest absolute Gasteiger partial charge is 0.497 e. The number of amides is 1. The number of aromatic nitrogens is 1. The molecule has 1 saturated carbocycles. The molecular weight excluding hydrogens is 422 g/mol. The Hall–Kier alpha value is -3.06. The van der Waals surface area contributed by atoms with Crippen LogP contribution in [0.1, 0.15) is 34.5 Å². The Morgan fingerprint density at radius 3 is 2.69 bits per heavy atom. The summed E-state index contributed by atoms with van der Waals surface area (Å²) < 4.78 is 10.9. The third-order valence-corrected chi connectivity index (χ3v) is 6.66. The van der Waals surface area contributed by atoms with Crippen molar-refractivity contribution in [2.45, 2.75) is 26.2 Å². The summed E-state index contributed by atoms with van der Waals surface area (Å²) in [4.78, 5) is 20.9. The molecule has 1 fully saturated rings. The second-order valence-corrected chi connectivity index (χ2v) is 9.25. The molecule has 0 aliphatic heterocycles. The van der Waals surface area contributed by atoms with Gasteiger partial charge in [-0.1, -0.05) is 41.2 Å². The van der Waals surface area contributed by atoms with Crippen LogP contribution in [0.4, 0.5) is 5.13 Å². The minimum Gasteiger partial charge on any atom is -0.497 e. The molecule has 1 aliphatic rings. The maximum atomic E-state index is 13.7. The Labute approximate surface area is 193 Å². The van der Waals surface area contributed by atoms with Gasteiger partial charge < -0.3 is 20.1 Å². The molecule has 3 aromatic rings. The van der Waals surface area contributed by atoms with Gasteiger partial charge in [-0.15, -0.1) is 0 Å². The molecule has 6 nitrogen and oxygen atoms in total. The van der Waals surface area contributed by atoms with Gasteiger partial charge in [0.15, 0.2) is 5.13 Å². The van der Waals surface area contributed by atoms with Crippen LogP contribution in [0.15, 0.2) is 42.5 Å². The molecular formula is C25H29N3O3S. The van der Waals surface area contributed by atoms with E-state index in [0.717, 1.165) is 52.5 Å². The summed E-state index contributed by atoms with van der Waals surface area (Å²) >= 11 is 1.36. The van der Waals surface area contributed by atoms with Gasteiger partial charge in [0.05, 0.1) is 19.1 Å². The summed E-state index contributed by atoms with van der Waals surface area (Å²) in [5, 5.41) is 0.408. The van der Waals surface area contributed by atoms with Crippen molar-refractivity contribution in [3.8, 4) is 21.9 Å². The second kappa shape index (κ2) is 9.61. The summed E-state index contributed by atoms with van der Waals surface area (Å²) in [7, 11) is 3.30. The molecule has 0 atom stereocenters. The number of carbonyl (C=O) groups excluding carboxylic acids is 1. The Morgan fingerprint density at radius 1 is 1.19 bits per heavy atom. The molecule has 2 aromatic carbocycles. The lowest BCUT2D eigenvalue weighted by Crippen LogP contribution is -2.35. The van der Waals surface area contributed by atoms with Crippen molar-refractivity contribution in [1.29, 1.82) is 0 Å². The van der Waals surface area contributed by atoms with Crippen molar-refractivity contribution in [3.05, 3.63) is 59.3 Å². The quantitative estimate of drug-likeness (QED) is 0.505. The summed E-state index contributed by atoms with van der Waals surface area (Å²) in [5.74, 6) is 2.06. The van der Waals surface area contributed by atoms with Crippen LogP contribution in [0.2, 0.25) is 0 Å². The van der Waals surface area contributed by atoms with Crippen molar-refractivity contribution in [1.82, 2.24) is 9.88 Å². The highest BCUT2D eigenvalue weighted by atomic mass is 32.1. The van der Waals surface area contributed by atoms with E-state index >= 15 is 0 Å². The molecule has 1 aromatic heterocycles. The zero-order valence-corrected chi connectivity index (χ0v) is 19.6. The topological polar surface area (TPSA) is 77.7 Å². The zero-order chi connectivity index (χ0) is 22.7. The van der Waals surface area contributed by atoms with Gasteiger partial charge in [-0.3, -0.25) is 4.79 Å². The number of nitrogens with zero attached hydrogens (tertiary/aromatic N) is 2. The third-order valence-electron chi connectivity index (χ3n) is 5.73. The Bertz CT molecular complexity index is 1110. The van der Waals surface area contributed by atoms with Crippen LogP contribution in [0, 0.1) is 12.8 Å². The lowest BCUT2D eigenvalue weighted by atomic mass is 10.1. The number of aryl methyl sites for hydroxylation is 1. The fraction of sp³-hybridized carbons (Fsp3) is 0.360. The Morgan fingerprint density at radius 2 is 2.00 bits per heavy atom. The summed E-state index contributed by atoms with van der Waals surface area (Å²) in [6.45, 7) is 3.34. The first-order valence-corrected chi connectivity index (χ1v) is 11.6. The molecule has 1 aliphatic carbocycles. The fourth-order valence-electron chi connectivity index (χ4n) is 3.83. The van der Waals surface area contributed by atoms with Gasteiger partial charge in [0.2, 0.25) is 0 Å². The van der Waals surface area contributed by atoms with Crippen LogP contribution in [0.5, 0.6) is 11.5 Å². The van der Waals surface area contributed by atoms with Gasteiger partial charge in [0, 0.05) is 13.1 Å². The van der Waals surface area contributed by atoms with Gasteiger partial charge in [-0.05, 0) is 61.4 Å². The van der Waals surface area contributed by atoms with Crippen LogP contribution >= 0.6 is 11.3 Å². The highest BCUT2D eigenvalue weighted by Gasteiger charge is 2.30. The smallest absolute Gasteiger partial charge is 0.274 e. The monoisotopic (exact) mass is 451 g/mol. The minimum atomic E-state index is -0.0665. The molecule has 1 amide bonds. The van der Waals surface area contributed by atoms with Crippen LogP contribution in [0.25, 0.3) is 10.4 Å². The van der Waals surface area contributed by atoms with E-state index in [0.29, 0.717) is 29.7 Å². The van der Waals surface area contributed by atoms with E-state index in [1.807, 2.05) is 48.2 Å². The summed E-state index contributed by atoms with van der Waals surface area (Å²) in [5.41, 5.74) is 9.61. The van der Waals surface area contributed by atoms with Crippen LogP contribution < -0.4 is 15.2 Å². The molecule has 0 bridgehead atoms. The van der Waals surface area contributed by atoms with Gasteiger partial charge in [0.25, 0.3) is 5.91 Å². The molecule has 4 rings (SSSR count). The third kappa shape index (κ3) is 5.05. The summed E-state index contributed by atoms with van der Waals surface area (Å²) in [6, 6.07) is 13.8. The highest BCUT2D eigenvalue weighted by Crippen LogP contribution is 2.35. The molecule has 168 valence electrons. The molecule has 2 N–H and O–H groups in total. The Balaban J connectivity index is 1.60. The molecule has 0 spiro atoms. The van der Waals surface area contributed by atoms with Gasteiger partial charge >= 0.3 is 0 Å². The lowest BCUT2D eigenvalue weighted by molar-refractivity contribution is 0.0745. The number of anilines is 1. The van der Waals surface area contributed by atoms with E-state index < -0.39 is 0 Å². The minimum absolute atomic E-state index is 0.0665. The fourth-order valence-corrected chi connectivity index (χ4v) is 4.65. The Kier molecular flexibility index (Phi) is 6.65. The first kappa shape index (κ1) is 22.1. The van der Waals surface area contributed by atoms with Crippen LogP contribution in [-0.2, 0) is 6.42 Å². The number of methoxy groups -OCH3 is 2. The number of benzene rings is 2. The molecule has 0 saturated heterocycles. The predicted octanol–water partition coefficient (Wildman–Crippen LogP) is 4.81. The molecule has 0 unspecified atom stereocenters. The van der Waals surface area contributed by atoms with Crippen molar-refractivity contribution in [3.63, 3.8) is 0 Å². The van der Waals surface area contributed by atoms with Gasteiger partial charge in [-0.25, -0.2) is 4.98 Å².